The molecule has 0 spiro atoms. The first kappa shape index (κ1) is 46.7. The molecule has 3 fully saturated rings. The Bertz CT molecular complexity index is 4950. The summed E-state index contributed by atoms with van der Waals surface area (Å²) in [6, 6.07) is 15.4. The van der Waals surface area contributed by atoms with Gasteiger partial charge in [-0.15, -0.1) is 0 Å². The molecule has 0 saturated heterocycles. The van der Waals surface area contributed by atoms with E-state index in [-0.39, 0.29) is 97.8 Å². The topological polar surface area (TPSA) is 242 Å². The van der Waals surface area contributed by atoms with Crippen LogP contribution in [0.5, 0.6) is 0 Å². The normalized spacial score (nSPS) is 21.2. The molecule has 1 N–H and O–H groups in total. The van der Waals surface area contributed by atoms with Gasteiger partial charge in [-0.1, -0.05) is 69.2 Å². The molecule has 2 aliphatic heterocycles. The van der Waals surface area contributed by atoms with Gasteiger partial charge in [-0.25, -0.2) is 0 Å². The number of hydrogen-bond acceptors (Lipinski definition) is 12. The van der Waals surface area contributed by atoms with Crippen molar-refractivity contribution in [2.45, 2.75) is 114 Å². The van der Waals surface area contributed by atoms with Gasteiger partial charge in [0.2, 0.25) is 0 Å². The van der Waals surface area contributed by atoms with Crippen LogP contribution in [-0.4, -0.2) is 64.2 Å². The van der Waals surface area contributed by atoms with Crippen LogP contribution in [0.2, 0.25) is 0 Å². The van der Waals surface area contributed by atoms with Gasteiger partial charge in [-0.05, 0) is 119 Å². The minimum absolute atomic E-state index is 0.0376. The second kappa shape index (κ2) is 16.1. The van der Waals surface area contributed by atoms with Crippen molar-refractivity contribution in [1.82, 2.24) is 28.5 Å². The molecule has 0 radical (unpaired) electrons. The lowest BCUT2D eigenvalue weighted by atomic mass is 9.81. The Morgan fingerprint density at radius 1 is 0.287 bits per heavy atom. The quantitative estimate of drug-likeness (QED) is 0.107. The minimum atomic E-state index is -0.977. The van der Waals surface area contributed by atoms with Crippen molar-refractivity contribution in [3.05, 3.63) is 178 Å². The zero-order valence-corrected chi connectivity index (χ0v) is 42.6. The summed E-state index contributed by atoms with van der Waals surface area (Å²) in [5, 5.41) is 4.82. The molecule has 0 bridgehead atoms. The molecule has 16 rings (SSSR count). The van der Waals surface area contributed by atoms with Crippen LogP contribution in [0.15, 0.2) is 111 Å². The molecule has 0 unspecified atom stereocenters. The van der Waals surface area contributed by atoms with Gasteiger partial charge in [0.25, 0.3) is 68.1 Å². The molecule has 6 heterocycles. The maximum atomic E-state index is 15.1. The maximum absolute atomic E-state index is 15.1. The maximum Gasteiger partial charge on any atom is 0.261 e. The number of nitrogens with one attached hydrogen (secondary N) is 1. The van der Waals surface area contributed by atoms with Gasteiger partial charge in [0, 0.05) is 39.1 Å². The summed E-state index contributed by atoms with van der Waals surface area (Å²) in [6.07, 6.45) is 7.85. The van der Waals surface area contributed by atoms with E-state index < -0.39 is 80.5 Å². The number of aromatic nitrogens is 4. The zero-order valence-electron chi connectivity index (χ0n) is 42.6. The molecule has 3 aliphatic carbocycles. The van der Waals surface area contributed by atoms with E-state index in [1.165, 1.54) is 34.1 Å². The Morgan fingerprint density at radius 2 is 0.575 bits per heavy atom. The predicted octanol–water partition coefficient (Wildman–Crippen LogP) is 6.78. The van der Waals surface area contributed by atoms with Gasteiger partial charge >= 0.3 is 0 Å². The van der Waals surface area contributed by atoms with Crippen LogP contribution in [0.1, 0.15) is 143 Å². The fourth-order valence-electron chi connectivity index (χ4n) is 15.5. The van der Waals surface area contributed by atoms with Crippen LogP contribution in [0.3, 0.4) is 0 Å². The molecule has 3 saturated carbocycles. The van der Waals surface area contributed by atoms with Gasteiger partial charge in [0.05, 0.1) is 67.3 Å². The molecule has 7 aromatic carbocycles. The second-order valence-electron chi connectivity index (χ2n) is 22.8. The van der Waals surface area contributed by atoms with Crippen molar-refractivity contribution in [2.75, 3.05) is 0 Å². The van der Waals surface area contributed by atoms with Crippen molar-refractivity contribution in [1.29, 1.82) is 0 Å². The van der Waals surface area contributed by atoms with E-state index in [9.17, 15) is 47.9 Å². The number of hydrogen-bond donors (Lipinski definition) is 1. The number of amides is 4. The molecule has 80 heavy (non-hydrogen) atoms. The van der Waals surface area contributed by atoms with Gasteiger partial charge in [-0.3, -0.25) is 86.0 Å². The standard InChI is InChI=1S/C62H44N6O12/c69-51-35-22-37-38(23-36(35)52(70)63-51)58(76)66(57(37)75)45-12-6-7-13-46(45)68-61(79)41-24-39-40(25-42(41)62(68)80)60(78)67(59(39)77)44-11-5-4-10-43(44)65-55(73)33-20-16-29-27-14-18-31-49-32(54(72)64(53(31)71)26-8-2-1-3-9-26)19-15-28(47(27)49)30-17-21-34(56(65)74)50(33)48(29)30/h14-26,43-46H,1-13H2,(H,63,69,70)/t43-,44-,45-,46-/m0/s1. The fourth-order valence-corrected chi connectivity index (χ4v) is 15.5. The largest absolute Gasteiger partial charge is 0.288 e. The summed E-state index contributed by atoms with van der Waals surface area (Å²) >= 11 is 0. The first-order valence-corrected chi connectivity index (χ1v) is 27.5. The molecule has 18 nitrogen and oxygen atoms in total. The highest BCUT2D eigenvalue weighted by Crippen LogP contribution is 2.48. The molecular formula is C62H44N6O12. The fraction of sp³-hybridized carbons (Fsp3) is 0.290. The van der Waals surface area contributed by atoms with E-state index >= 15 is 9.59 Å². The number of carbonyl (C=O) groups excluding carboxylic acids is 4. The average Bonchev–Trinajstić information content (AvgIpc) is 4.14. The molecule has 394 valence electrons. The molecule has 11 aromatic rings. The number of rotatable bonds is 5. The molecule has 18 heteroatoms. The van der Waals surface area contributed by atoms with Crippen molar-refractivity contribution < 1.29 is 19.2 Å². The third-order valence-corrected chi connectivity index (χ3v) is 19.1. The monoisotopic (exact) mass is 1060 g/mol. The summed E-state index contributed by atoms with van der Waals surface area (Å²) in [7, 11) is 0. The lowest BCUT2D eigenvalue weighted by Gasteiger charge is -2.40. The predicted molar refractivity (Wildman–Crippen MR) is 299 cm³/mol. The molecular weight excluding hydrogens is 1020 g/mol. The summed E-state index contributed by atoms with van der Waals surface area (Å²) in [5.74, 6) is -1.77. The number of aromatic amines is 1. The Balaban J connectivity index is 0.769. The van der Waals surface area contributed by atoms with E-state index in [2.05, 4.69) is 4.98 Å². The van der Waals surface area contributed by atoms with Crippen LogP contribution >= 0.6 is 0 Å². The first-order chi connectivity index (χ1) is 38.7. The number of fused-ring (bicyclic) bond motifs is 6. The highest BCUT2D eigenvalue weighted by atomic mass is 16.2. The lowest BCUT2D eigenvalue weighted by Crippen LogP contribution is -2.53. The van der Waals surface area contributed by atoms with Crippen LogP contribution in [0.4, 0.5) is 0 Å². The van der Waals surface area contributed by atoms with E-state index in [1.54, 1.807) is 24.3 Å². The SMILES string of the molecule is O=C1c2ccc3c4ccc5c6c(ccc(c7ccc(c2c37)C(=O)N1C1CCCCC1)c64)C(=O)N([C@H]1CCCC[C@@H]1n1c(=O)c2cc3c(=O)n([C@H]4CCCC[C@@H]4n4c(=O)c6cc7c(=O)[nH]c(=O)c7cc6c4=O)c(=O)c3cc2c1=O)C5=O. The number of benzene rings is 7. The Hall–Kier alpha value is -9.32. The van der Waals surface area contributed by atoms with E-state index in [4.69, 9.17) is 0 Å². The number of imide groups is 2. The zero-order chi connectivity index (χ0) is 54.6. The molecule has 4 atom stereocenters. The Kier molecular flexibility index (Phi) is 9.43. The smallest absolute Gasteiger partial charge is 0.261 e. The van der Waals surface area contributed by atoms with Crippen molar-refractivity contribution >= 4 is 110 Å². The first-order valence-electron chi connectivity index (χ1n) is 27.5. The van der Waals surface area contributed by atoms with Crippen LogP contribution in [0, 0.1) is 0 Å². The highest BCUT2D eigenvalue weighted by molar-refractivity contribution is 6.41. The van der Waals surface area contributed by atoms with Gasteiger partial charge in [-0.2, -0.15) is 0 Å². The molecule has 5 aliphatic rings. The Labute approximate surface area is 447 Å². The summed E-state index contributed by atoms with van der Waals surface area (Å²) in [5.41, 5.74) is -4.40. The highest BCUT2D eigenvalue weighted by Gasteiger charge is 2.45. The minimum Gasteiger partial charge on any atom is -0.288 e. The van der Waals surface area contributed by atoms with Gasteiger partial charge < -0.3 is 0 Å². The summed E-state index contributed by atoms with van der Waals surface area (Å²) in [4.78, 5) is 175. The summed E-state index contributed by atoms with van der Waals surface area (Å²) in [6.45, 7) is 0. The average molecular weight is 1070 g/mol. The summed E-state index contributed by atoms with van der Waals surface area (Å²) < 4.78 is 3.08. The third kappa shape index (κ3) is 5.81. The van der Waals surface area contributed by atoms with E-state index in [0.29, 0.717) is 53.0 Å². The van der Waals surface area contributed by atoms with E-state index in [0.717, 1.165) is 72.7 Å². The van der Waals surface area contributed by atoms with Crippen LogP contribution < -0.4 is 44.5 Å². The van der Waals surface area contributed by atoms with Crippen LogP contribution in [-0.2, 0) is 0 Å². The number of nitrogens with zero attached hydrogens (tertiary/aromatic N) is 5. The van der Waals surface area contributed by atoms with Crippen molar-refractivity contribution in [3.63, 3.8) is 0 Å². The lowest BCUT2D eigenvalue weighted by molar-refractivity contribution is 0.0428. The van der Waals surface area contributed by atoms with Crippen LogP contribution in [0.25, 0.3) is 86.2 Å². The van der Waals surface area contributed by atoms with Crippen molar-refractivity contribution in [2.24, 2.45) is 0 Å². The number of H-pyrrole nitrogens is 1. The van der Waals surface area contributed by atoms with Gasteiger partial charge in [0.1, 0.15) is 0 Å². The van der Waals surface area contributed by atoms with E-state index in [1.807, 2.05) is 24.3 Å². The Morgan fingerprint density at radius 3 is 0.925 bits per heavy atom. The van der Waals surface area contributed by atoms with Gasteiger partial charge in [0.15, 0.2) is 0 Å². The molecule has 4 amide bonds. The molecule has 4 aromatic heterocycles. The second-order valence-corrected chi connectivity index (χ2v) is 22.8. The van der Waals surface area contributed by atoms with Crippen molar-refractivity contribution in [3.8, 4) is 0 Å². The number of carbonyl (C=O) groups is 4. The third-order valence-electron chi connectivity index (χ3n) is 19.1.